The molecule has 4 aromatic rings. The second-order valence-electron chi connectivity index (χ2n) is 12.2. The van der Waals surface area contributed by atoms with E-state index in [-0.39, 0.29) is 12.2 Å². The molecule has 0 amide bonds. The molecular weight excluding hydrogens is 596 g/mol. The van der Waals surface area contributed by atoms with E-state index in [4.69, 9.17) is 18.9 Å². The minimum Gasteiger partial charge on any atom is -0.491 e. The summed E-state index contributed by atoms with van der Waals surface area (Å²) in [6.45, 7) is 15.5. The molecule has 48 heavy (non-hydrogen) atoms. The van der Waals surface area contributed by atoms with Crippen LogP contribution in [0.5, 0.6) is 11.5 Å². The molecule has 0 radical (unpaired) electrons. The van der Waals surface area contributed by atoms with E-state index in [1.807, 2.05) is 24.3 Å². The Bertz CT molecular complexity index is 1530. The number of hydrogen-bond acceptors (Lipinski definition) is 6. The van der Waals surface area contributed by atoms with Crippen molar-refractivity contribution >= 4 is 22.5 Å². The van der Waals surface area contributed by atoms with E-state index in [0.29, 0.717) is 13.2 Å². The molecule has 2 heterocycles. The summed E-state index contributed by atoms with van der Waals surface area (Å²) in [5, 5.41) is 0. The lowest BCUT2D eigenvalue weighted by Gasteiger charge is -2.22. The van der Waals surface area contributed by atoms with Crippen molar-refractivity contribution in [2.24, 2.45) is 0 Å². The Morgan fingerprint density at radius 1 is 0.521 bits per heavy atom. The molecule has 250 valence electrons. The van der Waals surface area contributed by atoms with Crippen molar-refractivity contribution in [3.05, 3.63) is 131 Å². The molecule has 0 N–H and O–H groups in total. The molecule has 6 rings (SSSR count). The van der Waals surface area contributed by atoms with E-state index in [9.17, 15) is 0 Å². The minimum atomic E-state index is 0.220. The van der Waals surface area contributed by atoms with Crippen molar-refractivity contribution in [1.29, 1.82) is 0 Å². The summed E-state index contributed by atoms with van der Waals surface area (Å²) >= 11 is 0. The zero-order valence-corrected chi connectivity index (χ0v) is 28.7. The number of anilines is 2. The van der Waals surface area contributed by atoms with Crippen LogP contribution in [-0.4, -0.2) is 64.8 Å². The zero-order valence-electron chi connectivity index (χ0n) is 28.7. The van der Waals surface area contributed by atoms with E-state index in [2.05, 4.69) is 122 Å². The van der Waals surface area contributed by atoms with Crippen molar-refractivity contribution in [2.45, 2.75) is 39.9 Å². The number of allylic oxidation sites excluding steroid dienone is 2. The van der Waals surface area contributed by atoms with Gasteiger partial charge in [-0.25, -0.2) is 0 Å². The lowest BCUT2D eigenvalue weighted by molar-refractivity contribution is 0.263. The van der Waals surface area contributed by atoms with Gasteiger partial charge in [0, 0.05) is 37.6 Å². The average molecular weight is 645 g/mol. The van der Waals surface area contributed by atoms with E-state index in [1.54, 1.807) is 0 Å². The van der Waals surface area contributed by atoms with Gasteiger partial charge in [0.05, 0.1) is 13.2 Å². The number of nitrogens with zero attached hydrogens (tertiary/aromatic N) is 2. The maximum atomic E-state index is 5.95. The summed E-state index contributed by atoms with van der Waals surface area (Å²) in [6, 6.07) is 34.6. The molecule has 2 aliphatic rings. The number of ether oxygens (including phenoxy) is 4. The van der Waals surface area contributed by atoms with Crippen LogP contribution in [0.1, 0.15) is 49.9 Å². The topological polar surface area (TPSA) is 50.0 Å². The van der Waals surface area contributed by atoms with E-state index in [0.717, 1.165) is 67.6 Å². The summed E-state index contributed by atoms with van der Waals surface area (Å²) in [5.41, 5.74) is 9.32. The van der Waals surface area contributed by atoms with Gasteiger partial charge >= 0.3 is 0 Å². The Labute approximate surface area is 286 Å². The smallest absolute Gasteiger partial charge is 0.119 e. The van der Waals surface area contributed by atoms with Crippen LogP contribution in [0, 0.1) is 0 Å². The first kappa shape index (κ1) is 33.4. The number of rotatable bonds is 17. The van der Waals surface area contributed by atoms with Crippen LogP contribution in [-0.2, 0) is 9.47 Å². The van der Waals surface area contributed by atoms with E-state index in [1.165, 1.54) is 28.1 Å². The Hall–Kier alpha value is -4.52. The van der Waals surface area contributed by atoms with Crippen LogP contribution < -0.4 is 19.3 Å². The molecule has 2 atom stereocenters. The second kappa shape index (κ2) is 16.1. The minimum absolute atomic E-state index is 0.220. The van der Waals surface area contributed by atoms with Gasteiger partial charge in [0.1, 0.15) is 36.9 Å². The quantitative estimate of drug-likeness (QED) is 0.0849. The maximum absolute atomic E-state index is 5.95. The SMILES string of the molecule is CCN(CC)c1ccc(C(=CC=C(c2ccc(OCC3CO3)cc2)c2ccc(OCC3CO3)cc2)c2ccc(N(CC)CC)cc2)cc1. The molecular formula is C42H48N2O4. The summed E-state index contributed by atoms with van der Waals surface area (Å²) in [5.74, 6) is 1.69. The first-order chi connectivity index (χ1) is 23.6. The van der Waals surface area contributed by atoms with Gasteiger partial charge in [0.15, 0.2) is 0 Å². The lowest BCUT2D eigenvalue weighted by Crippen LogP contribution is -2.21. The third-order valence-corrected chi connectivity index (χ3v) is 9.04. The highest BCUT2D eigenvalue weighted by Gasteiger charge is 2.24. The van der Waals surface area contributed by atoms with Crippen LogP contribution in [0.25, 0.3) is 11.1 Å². The van der Waals surface area contributed by atoms with Gasteiger partial charge in [-0.05, 0) is 110 Å². The maximum Gasteiger partial charge on any atom is 0.119 e. The van der Waals surface area contributed by atoms with Crippen LogP contribution in [0.2, 0.25) is 0 Å². The molecule has 0 saturated carbocycles. The molecule has 6 nitrogen and oxygen atoms in total. The molecule has 2 saturated heterocycles. The second-order valence-corrected chi connectivity index (χ2v) is 12.2. The van der Waals surface area contributed by atoms with Gasteiger partial charge in [-0.2, -0.15) is 0 Å². The predicted octanol–water partition coefficient (Wildman–Crippen LogP) is 8.50. The predicted molar refractivity (Wildman–Crippen MR) is 198 cm³/mol. The first-order valence-electron chi connectivity index (χ1n) is 17.4. The van der Waals surface area contributed by atoms with Gasteiger partial charge < -0.3 is 28.7 Å². The molecule has 0 aliphatic carbocycles. The third-order valence-electron chi connectivity index (χ3n) is 9.04. The zero-order chi connectivity index (χ0) is 33.3. The van der Waals surface area contributed by atoms with Gasteiger partial charge in [-0.3, -0.25) is 0 Å². The highest BCUT2D eigenvalue weighted by atomic mass is 16.6. The van der Waals surface area contributed by atoms with Gasteiger partial charge in [-0.15, -0.1) is 0 Å². The van der Waals surface area contributed by atoms with Crippen LogP contribution in [0.3, 0.4) is 0 Å². The fraction of sp³-hybridized carbons (Fsp3) is 0.333. The van der Waals surface area contributed by atoms with Crippen LogP contribution >= 0.6 is 0 Å². The summed E-state index contributed by atoms with van der Waals surface area (Å²) in [4.78, 5) is 4.75. The number of hydrogen-bond donors (Lipinski definition) is 0. The monoisotopic (exact) mass is 644 g/mol. The van der Waals surface area contributed by atoms with Crippen molar-refractivity contribution in [3.63, 3.8) is 0 Å². The molecule has 2 unspecified atom stereocenters. The highest BCUT2D eigenvalue weighted by Crippen LogP contribution is 2.32. The lowest BCUT2D eigenvalue weighted by atomic mass is 9.93. The van der Waals surface area contributed by atoms with Gasteiger partial charge in [0.2, 0.25) is 0 Å². The molecule has 0 spiro atoms. The molecule has 4 aromatic carbocycles. The summed E-state index contributed by atoms with van der Waals surface area (Å²) in [6.07, 6.45) is 4.95. The Balaban J connectivity index is 1.38. The molecule has 0 bridgehead atoms. The van der Waals surface area contributed by atoms with E-state index >= 15 is 0 Å². The Morgan fingerprint density at radius 2 is 0.812 bits per heavy atom. The van der Waals surface area contributed by atoms with Crippen LogP contribution in [0.4, 0.5) is 11.4 Å². The standard InChI is InChI=1S/C42H48N2O4/c1-5-43(6-2)35-17-9-31(10-18-35)41(32-11-19-36(20-12-32)44(7-3)8-4)25-26-42(33-13-21-37(22-14-33)45-27-39-29-47-39)34-15-23-38(24-16-34)46-28-40-30-48-40/h9-26,39-40H,5-8,27-30H2,1-4H3. The van der Waals surface area contributed by atoms with Gasteiger partial charge in [0.25, 0.3) is 0 Å². The first-order valence-corrected chi connectivity index (χ1v) is 17.4. The van der Waals surface area contributed by atoms with E-state index < -0.39 is 0 Å². The van der Waals surface area contributed by atoms with Crippen molar-refractivity contribution in [2.75, 3.05) is 62.4 Å². The summed E-state index contributed by atoms with van der Waals surface area (Å²) < 4.78 is 22.5. The Kier molecular flexibility index (Phi) is 11.2. The van der Waals surface area contributed by atoms with Crippen molar-refractivity contribution in [3.8, 4) is 11.5 Å². The average Bonchev–Trinajstić information content (AvgIpc) is 4.08. The van der Waals surface area contributed by atoms with Gasteiger partial charge in [-0.1, -0.05) is 60.7 Å². The van der Waals surface area contributed by atoms with Crippen molar-refractivity contribution in [1.82, 2.24) is 0 Å². The highest BCUT2D eigenvalue weighted by molar-refractivity contribution is 5.87. The fourth-order valence-corrected chi connectivity index (χ4v) is 5.93. The number of epoxide rings is 2. The third kappa shape index (κ3) is 8.68. The summed E-state index contributed by atoms with van der Waals surface area (Å²) in [7, 11) is 0. The largest absolute Gasteiger partial charge is 0.491 e. The molecule has 2 fully saturated rings. The Morgan fingerprint density at radius 3 is 1.08 bits per heavy atom. The molecule has 6 heteroatoms. The normalized spacial score (nSPS) is 16.1. The number of benzene rings is 4. The molecule has 2 aliphatic heterocycles. The fourth-order valence-electron chi connectivity index (χ4n) is 5.93. The van der Waals surface area contributed by atoms with Crippen LogP contribution in [0.15, 0.2) is 109 Å². The molecule has 0 aromatic heterocycles. The van der Waals surface area contributed by atoms with Crippen molar-refractivity contribution < 1.29 is 18.9 Å².